The van der Waals surface area contributed by atoms with Gasteiger partial charge in [-0.1, -0.05) is 56.3 Å². The number of hydrogen-bond acceptors (Lipinski definition) is 8. The van der Waals surface area contributed by atoms with E-state index >= 15 is 0 Å². The highest BCUT2D eigenvalue weighted by atomic mass is 32.2. The van der Waals surface area contributed by atoms with Crippen molar-refractivity contribution in [1.29, 1.82) is 0 Å². The topological polar surface area (TPSA) is 131 Å². The number of fused-ring (bicyclic) bond motifs is 1. The number of alkyl carbamates (subject to hydrolysis) is 1. The highest BCUT2D eigenvalue weighted by Gasteiger charge is 2.41. The lowest BCUT2D eigenvalue weighted by Gasteiger charge is -2.31. The number of carbonyl (C=O) groups excluding carboxylic acids is 4. The van der Waals surface area contributed by atoms with Crippen molar-refractivity contribution in [2.24, 2.45) is 5.92 Å². The number of ether oxygens (including phenoxy) is 1. The van der Waals surface area contributed by atoms with Crippen LogP contribution < -0.4 is 10.6 Å². The summed E-state index contributed by atoms with van der Waals surface area (Å²) in [7, 11) is 0. The summed E-state index contributed by atoms with van der Waals surface area (Å²) in [6.45, 7) is 8.85. The third-order valence-electron chi connectivity index (χ3n) is 6.49. The van der Waals surface area contributed by atoms with Crippen molar-refractivity contribution in [2.75, 3.05) is 11.6 Å². The van der Waals surface area contributed by atoms with Crippen LogP contribution in [-0.2, 0) is 20.7 Å². The molecular formula is C30H36N4O6S. The quantitative estimate of drug-likeness (QED) is 0.361. The zero-order chi connectivity index (χ0) is 29.7. The van der Waals surface area contributed by atoms with Gasteiger partial charge in [-0.15, -0.1) is 11.8 Å². The Kier molecular flexibility index (Phi) is 9.37. The first-order valence-electron chi connectivity index (χ1n) is 13.5. The second-order valence-electron chi connectivity index (χ2n) is 11.3. The van der Waals surface area contributed by atoms with Gasteiger partial charge in [0.15, 0.2) is 5.58 Å². The minimum absolute atomic E-state index is 0.0948. The van der Waals surface area contributed by atoms with Crippen LogP contribution in [0.5, 0.6) is 0 Å². The maximum atomic E-state index is 13.6. The van der Waals surface area contributed by atoms with E-state index in [9.17, 15) is 19.2 Å². The van der Waals surface area contributed by atoms with Gasteiger partial charge in [0.05, 0.1) is 5.88 Å². The molecule has 0 aliphatic carbocycles. The first kappa shape index (κ1) is 30.1. The Labute approximate surface area is 243 Å². The Balaban J connectivity index is 1.53. The van der Waals surface area contributed by atoms with Gasteiger partial charge in [-0.25, -0.2) is 9.78 Å². The molecule has 4 rings (SSSR count). The highest BCUT2D eigenvalue weighted by molar-refractivity contribution is 7.99. The summed E-state index contributed by atoms with van der Waals surface area (Å²) in [6.07, 6.45) is -0.489. The number of Topliss-reactive ketones (excluding diaryl/α,β-unsaturated/α-hetero) is 1. The number of nitrogens with one attached hydrogen (secondary N) is 2. The van der Waals surface area contributed by atoms with Gasteiger partial charge in [-0.05, 0) is 44.4 Å². The van der Waals surface area contributed by atoms with Crippen molar-refractivity contribution in [3.63, 3.8) is 0 Å². The number of para-hydroxylation sites is 2. The zero-order valence-corrected chi connectivity index (χ0v) is 24.7. The average molecular weight is 581 g/mol. The Morgan fingerprint density at radius 2 is 1.73 bits per heavy atom. The number of ketones is 1. The standard InChI is InChI=1S/C30H36N4O6S/c1-18(2)24(33-29(38)40-30(3,4)5)28(37)34-17-41-16-22(34)26(36)31-21(15-19-11-7-6-8-12-19)25(35)27-32-20-13-9-10-14-23(20)39-27/h6-14,18,21-22,24H,15-17H2,1-5H3,(H,31,36)(H,33,38)/t21-,22-,24-/m0/s1. The summed E-state index contributed by atoms with van der Waals surface area (Å²) in [5, 5.41) is 5.53. The first-order valence-corrected chi connectivity index (χ1v) is 14.7. The fourth-order valence-corrected chi connectivity index (χ4v) is 5.62. The third kappa shape index (κ3) is 7.66. The number of hydrogen-bond donors (Lipinski definition) is 2. The van der Waals surface area contributed by atoms with Gasteiger partial charge in [0.1, 0.15) is 29.2 Å². The molecule has 10 nitrogen and oxygen atoms in total. The predicted molar refractivity (Wildman–Crippen MR) is 156 cm³/mol. The number of oxazole rings is 1. The van der Waals surface area contributed by atoms with E-state index < -0.39 is 41.5 Å². The van der Waals surface area contributed by atoms with Gasteiger partial charge in [-0.2, -0.15) is 0 Å². The molecule has 1 fully saturated rings. The van der Waals surface area contributed by atoms with E-state index in [1.807, 2.05) is 44.2 Å². The molecule has 3 aromatic rings. The molecule has 2 aromatic carbocycles. The third-order valence-corrected chi connectivity index (χ3v) is 7.51. The molecule has 0 unspecified atom stereocenters. The summed E-state index contributed by atoms with van der Waals surface area (Å²) in [4.78, 5) is 59.1. The Morgan fingerprint density at radius 3 is 2.39 bits per heavy atom. The van der Waals surface area contributed by atoms with E-state index in [0.717, 1.165) is 5.56 Å². The van der Waals surface area contributed by atoms with E-state index in [4.69, 9.17) is 9.15 Å². The molecule has 11 heteroatoms. The molecule has 2 heterocycles. The van der Waals surface area contributed by atoms with E-state index in [-0.39, 0.29) is 30.0 Å². The molecule has 0 saturated carbocycles. The van der Waals surface area contributed by atoms with Gasteiger partial charge in [-0.3, -0.25) is 14.4 Å². The maximum Gasteiger partial charge on any atom is 0.408 e. The lowest BCUT2D eigenvalue weighted by molar-refractivity contribution is -0.140. The zero-order valence-electron chi connectivity index (χ0n) is 23.9. The highest BCUT2D eigenvalue weighted by Crippen LogP contribution is 2.24. The second kappa shape index (κ2) is 12.8. The molecule has 3 atom stereocenters. The van der Waals surface area contributed by atoms with Crippen LogP contribution in [0.2, 0.25) is 0 Å². The largest absolute Gasteiger partial charge is 0.444 e. The van der Waals surface area contributed by atoms with Crippen LogP contribution in [0.15, 0.2) is 59.0 Å². The minimum Gasteiger partial charge on any atom is -0.444 e. The second-order valence-corrected chi connectivity index (χ2v) is 12.3. The van der Waals surface area contributed by atoms with Gasteiger partial charge in [0.25, 0.3) is 5.89 Å². The maximum absolute atomic E-state index is 13.6. The first-order chi connectivity index (χ1) is 19.4. The summed E-state index contributed by atoms with van der Waals surface area (Å²) in [6, 6.07) is 13.7. The normalized spacial score (nSPS) is 16.8. The summed E-state index contributed by atoms with van der Waals surface area (Å²) < 4.78 is 11.1. The lowest BCUT2D eigenvalue weighted by atomic mass is 10.0. The number of aromatic nitrogens is 1. The Hall–Kier alpha value is -3.86. The van der Waals surface area contributed by atoms with Gasteiger partial charge >= 0.3 is 6.09 Å². The van der Waals surface area contributed by atoms with Gasteiger partial charge in [0.2, 0.25) is 17.6 Å². The molecule has 2 N–H and O–H groups in total. The molecule has 0 bridgehead atoms. The molecule has 3 amide bonds. The molecule has 1 aromatic heterocycles. The van der Waals surface area contributed by atoms with Crippen molar-refractivity contribution in [3.05, 3.63) is 66.1 Å². The van der Waals surface area contributed by atoms with Crippen molar-refractivity contribution in [3.8, 4) is 0 Å². The van der Waals surface area contributed by atoms with Crippen molar-refractivity contribution >= 4 is 46.6 Å². The van der Waals surface area contributed by atoms with E-state index in [1.54, 1.807) is 45.0 Å². The predicted octanol–water partition coefficient (Wildman–Crippen LogP) is 4.19. The fraction of sp³-hybridized carbons (Fsp3) is 0.433. The number of nitrogens with zero attached hydrogens (tertiary/aromatic N) is 2. The van der Waals surface area contributed by atoms with Crippen LogP contribution in [0.25, 0.3) is 11.1 Å². The van der Waals surface area contributed by atoms with Crippen LogP contribution in [0.1, 0.15) is 50.9 Å². The number of rotatable bonds is 9. The number of benzene rings is 2. The van der Waals surface area contributed by atoms with Crippen LogP contribution in [0.4, 0.5) is 4.79 Å². The molecule has 41 heavy (non-hydrogen) atoms. The fourth-order valence-electron chi connectivity index (χ4n) is 4.46. The van der Waals surface area contributed by atoms with Crippen molar-refractivity contribution < 1.29 is 28.3 Å². The molecular weight excluding hydrogens is 544 g/mol. The smallest absolute Gasteiger partial charge is 0.408 e. The molecule has 1 aliphatic heterocycles. The van der Waals surface area contributed by atoms with Crippen LogP contribution in [0.3, 0.4) is 0 Å². The van der Waals surface area contributed by atoms with Crippen LogP contribution in [0, 0.1) is 5.92 Å². The van der Waals surface area contributed by atoms with Crippen molar-refractivity contribution in [1.82, 2.24) is 20.5 Å². The Bertz CT molecular complexity index is 1370. The summed E-state index contributed by atoms with van der Waals surface area (Å²) in [5.74, 6) is -1.04. The van der Waals surface area contributed by atoms with Gasteiger partial charge in [0, 0.05) is 12.2 Å². The summed E-state index contributed by atoms with van der Waals surface area (Å²) in [5.41, 5.74) is 1.14. The van der Waals surface area contributed by atoms with Gasteiger partial charge < -0.3 is 24.7 Å². The molecule has 0 spiro atoms. The van der Waals surface area contributed by atoms with E-state index in [2.05, 4.69) is 15.6 Å². The number of carbonyl (C=O) groups is 4. The minimum atomic E-state index is -0.971. The Morgan fingerprint density at radius 1 is 1.05 bits per heavy atom. The lowest BCUT2D eigenvalue weighted by Crippen LogP contribution is -2.57. The number of thioether (sulfide) groups is 1. The van der Waals surface area contributed by atoms with Crippen LogP contribution in [-0.4, -0.2) is 68.9 Å². The monoisotopic (exact) mass is 580 g/mol. The average Bonchev–Trinajstić information content (AvgIpc) is 3.58. The number of amides is 3. The SMILES string of the molecule is CC(C)[C@H](NC(=O)OC(C)(C)C)C(=O)N1CSC[C@H]1C(=O)N[C@@H](Cc1ccccc1)C(=O)c1nc2ccccc2o1. The summed E-state index contributed by atoms with van der Waals surface area (Å²) >= 11 is 1.43. The molecule has 218 valence electrons. The van der Waals surface area contributed by atoms with E-state index in [0.29, 0.717) is 16.9 Å². The van der Waals surface area contributed by atoms with E-state index in [1.165, 1.54) is 16.7 Å². The molecule has 1 saturated heterocycles. The molecule has 1 aliphatic rings. The van der Waals surface area contributed by atoms with Crippen molar-refractivity contribution in [2.45, 2.75) is 64.8 Å². The van der Waals surface area contributed by atoms with Crippen LogP contribution >= 0.6 is 11.8 Å². The molecule has 0 radical (unpaired) electrons.